The van der Waals surface area contributed by atoms with Gasteiger partial charge in [-0.15, -0.1) is 0 Å². The van der Waals surface area contributed by atoms with Crippen LogP contribution in [0.1, 0.15) is 18.0 Å². The van der Waals surface area contributed by atoms with Crippen molar-refractivity contribution in [3.8, 4) is 0 Å². The molecule has 1 aromatic carbocycles. The highest BCUT2D eigenvalue weighted by molar-refractivity contribution is 9.10. The van der Waals surface area contributed by atoms with Crippen molar-refractivity contribution in [2.75, 3.05) is 0 Å². The summed E-state index contributed by atoms with van der Waals surface area (Å²) in [4.78, 5) is 11.3. The lowest BCUT2D eigenvalue weighted by molar-refractivity contribution is -0.122. The van der Waals surface area contributed by atoms with Crippen LogP contribution in [0.25, 0.3) is 0 Å². The molecule has 1 amide bonds. The van der Waals surface area contributed by atoms with Gasteiger partial charge in [-0.25, -0.2) is 16.7 Å². The lowest BCUT2D eigenvalue weighted by Gasteiger charge is -2.09. The smallest absolute Gasteiger partial charge is 0.252 e. The Balaban J connectivity index is 2.06. The second-order valence-corrected chi connectivity index (χ2v) is 4.61. The highest BCUT2D eigenvalue weighted by Crippen LogP contribution is 2.24. The van der Waals surface area contributed by atoms with Gasteiger partial charge in [0, 0.05) is 10.5 Å². The molecule has 5 nitrogen and oxygen atoms in total. The number of hydrogen-bond donors (Lipinski definition) is 4. The van der Waals surface area contributed by atoms with Gasteiger partial charge in [0.25, 0.3) is 5.91 Å². The largest absolute Gasteiger partial charge is 0.293 e. The Bertz CT molecular complexity index is 398. The maximum absolute atomic E-state index is 11.3. The Morgan fingerprint density at radius 1 is 1.50 bits per heavy atom. The van der Waals surface area contributed by atoms with Crippen LogP contribution < -0.4 is 22.1 Å². The van der Waals surface area contributed by atoms with Crippen molar-refractivity contribution < 1.29 is 4.79 Å². The minimum absolute atomic E-state index is 0.125. The van der Waals surface area contributed by atoms with Gasteiger partial charge in [0.05, 0.1) is 0 Å². The molecule has 0 aromatic heterocycles. The second-order valence-electron chi connectivity index (χ2n) is 3.69. The summed E-state index contributed by atoms with van der Waals surface area (Å²) in [6, 6.07) is 7.83. The first-order chi connectivity index (χ1) is 7.70. The van der Waals surface area contributed by atoms with E-state index in [0.29, 0.717) is 6.42 Å². The number of carbonyl (C=O) groups excluding carboxylic acids is 1. The molecule has 2 atom stereocenters. The highest BCUT2D eigenvalue weighted by atomic mass is 79.9. The maximum atomic E-state index is 11.3. The summed E-state index contributed by atoms with van der Waals surface area (Å²) in [6.07, 6.45) is 0.680. The summed E-state index contributed by atoms with van der Waals surface area (Å²) in [5, 5.41) is 0. The molecule has 6 heteroatoms. The molecule has 0 aliphatic carbocycles. The van der Waals surface area contributed by atoms with E-state index in [-0.39, 0.29) is 18.0 Å². The van der Waals surface area contributed by atoms with E-state index in [2.05, 4.69) is 32.2 Å². The minimum Gasteiger partial charge on any atom is -0.293 e. The zero-order chi connectivity index (χ0) is 11.5. The van der Waals surface area contributed by atoms with Gasteiger partial charge in [-0.2, -0.15) is 0 Å². The quantitative estimate of drug-likeness (QED) is 0.359. The zero-order valence-electron chi connectivity index (χ0n) is 8.53. The fourth-order valence-corrected chi connectivity index (χ4v) is 2.19. The maximum Gasteiger partial charge on any atom is 0.252 e. The lowest BCUT2D eigenvalue weighted by Crippen LogP contribution is -2.45. The van der Waals surface area contributed by atoms with E-state index in [4.69, 9.17) is 5.84 Å². The van der Waals surface area contributed by atoms with Gasteiger partial charge in [0.2, 0.25) is 0 Å². The molecule has 86 valence electrons. The summed E-state index contributed by atoms with van der Waals surface area (Å²) in [6.45, 7) is 0. The topological polar surface area (TPSA) is 79.2 Å². The third-order valence-corrected chi connectivity index (χ3v) is 3.11. The molecule has 1 saturated heterocycles. The van der Waals surface area contributed by atoms with Crippen LogP contribution in [0.2, 0.25) is 0 Å². The van der Waals surface area contributed by atoms with Crippen molar-refractivity contribution in [2.24, 2.45) is 5.84 Å². The Hall–Kier alpha value is -0.950. The van der Waals surface area contributed by atoms with Crippen LogP contribution in [-0.4, -0.2) is 11.9 Å². The fourth-order valence-electron chi connectivity index (χ4n) is 1.77. The number of amides is 1. The van der Waals surface area contributed by atoms with E-state index < -0.39 is 0 Å². The Kier molecular flexibility index (Phi) is 3.55. The normalized spacial score (nSPS) is 24.4. The van der Waals surface area contributed by atoms with E-state index in [1.165, 1.54) is 0 Å². The molecule has 0 saturated carbocycles. The molecule has 1 heterocycles. The Labute approximate surface area is 102 Å². The number of rotatable bonds is 2. The van der Waals surface area contributed by atoms with Crippen LogP contribution >= 0.6 is 15.9 Å². The second kappa shape index (κ2) is 4.92. The summed E-state index contributed by atoms with van der Waals surface area (Å²) in [5.41, 5.74) is 9.27. The fraction of sp³-hybridized carbons (Fsp3) is 0.300. The van der Waals surface area contributed by atoms with E-state index in [0.717, 1.165) is 10.0 Å². The van der Waals surface area contributed by atoms with Crippen LogP contribution in [0.15, 0.2) is 28.7 Å². The molecular formula is C10H13BrN4O. The van der Waals surface area contributed by atoms with Gasteiger partial charge in [0.1, 0.15) is 6.04 Å². The summed E-state index contributed by atoms with van der Waals surface area (Å²) >= 11 is 3.42. The summed E-state index contributed by atoms with van der Waals surface area (Å²) in [7, 11) is 0. The van der Waals surface area contributed by atoms with Gasteiger partial charge < -0.3 is 0 Å². The van der Waals surface area contributed by atoms with Crippen LogP contribution in [0, 0.1) is 0 Å². The molecule has 1 aliphatic heterocycles. The first-order valence-electron chi connectivity index (χ1n) is 4.97. The van der Waals surface area contributed by atoms with Gasteiger partial charge in [-0.05, 0) is 24.1 Å². The number of hydrazine groups is 2. The monoisotopic (exact) mass is 284 g/mol. The van der Waals surface area contributed by atoms with Crippen molar-refractivity contribution in [1.82, 2.24) is 16.3 Å². The predicted octanol–water partition coefficient (Wildman–Crippen LogP) is 0.347. The molecule has 1 aliphatic rings. The predicted molar refractivity (Wildman–Crippen MR) is 63.9 cm³/mol. The van der Waals surface area contributed by atoms with E-state index in [9.17, 15) is 4.79 Å². The van der Waals surface area contributed by atoms with Crippen molar-refractivity contribution >= 4 is 21.8 Å². The molecule has 2 unspecified atom stereocenters. The van der Waals surface area contributed by atoms with Crippen LogP contribution in [0.4, 0.5) is 0 Å². The third-order valence-electron chi connectivity index (χ3n) is 2.61. The van der Waals surface area contributed by atoms with E-state index in [1.54, 1.807) is 0 Å². The average Bonchev–Trinajstić information content (AvgIpc) is 2.77. The van der Waals surface area contributed by atoms with Crippen molar-refractivity contribution in [1.29, 1.82) is 0 Å². The average molecular weight is 285 g/mol. The van der Waals surface area contributed by atoms with Gasteiger partial charge in [0.15, 0.2) is 0 Å². The highest BCUT2D eigenvalue weighted by Gasteiger charge is 2.29. The number of nitrogens with one attached hydrogen (secondary N) is 3. The third kappa shape index (κ3) is 2.41. The number of hydrogen-bond acceptors (Lipinski definition) is 4. The summed E-state index contributed by atoms with van der Waals surface area (Å²) in [5.74, 6) is 4.88. The number of carbonyl (C=O) groups is 1. The lowest BCUT2D eigenvalue weighted by atomic mass is 10.0. The molecule has 0 radical (unpaired) electrons. The van der Waals surface area contributed by atoms with Gasteiger partial charge in [-0.3, -0.25) is 10.2 Å². The molecule has 16 heavy (non-hydrogen) atoms. The van der Waals surface area contributed by atoms with Gasteiger partial charge >= 0.3 is 0 Å². The first kappa shape index (κ1) is 11.5. The molecular weight excluding hydrogens is 272 g/mol. The minimum atomic E-state index is -0.283. The standard InChI is InChI=1S/C10H13BrN4O/c11-7-3-1-2-6(4-7)8-5-9(15-14-8)10(16)13-12/h1-4,8-9,14-15H,5,12H2,(H,13,16). The number of benzene rings is 1. The Morgan fingerprint density at radius 3 is 3.00 bits per heavy atom. The molecule has 0 bridgehead atoms. The van der Waals surface area contributed by atoms with Crippen LogP contribution in [0.3, 0.4) is 0 Å². The van der Waals surface area contributed by atoms with Crippen molar-refractivity contribution in [3.05, 3.63) is 34.3 Å². The molecule has 0 spiro atoms. The van der Waals surface area contributed by atoms with E-state index in [1.807, 2.05) is 24.3 Å². The van der Waals surface area contributed by atoms with Crippen LogP contribution in [0.5, 0.6) is 0 Å². The van der Waals surface area contributed by atoms with Gasteiger partial charge in [-0.1, -0.05) is 28.1 Å². The Morgan fingerprint density at radius 2 is 2.31 bits per heavy atom. The molecule has 5 N–H and O–H groups in total. The zero-order valence-corrected chi connectivity index (χ0v) is 10.1. The number of halogens is 1. The first-order valence-corrected chi connectivity index (χ1v) is 5.77. The molecule has 2 rings (SSSR count). The molecule has 1 aromatic rings. The van der Waals surface area contributed by atoms with E-state index >= 15 is 0 Å². The SMILES string of the molecule is NNC(=O)C1CC(c2cccc(Br)c2)NN1. The molecule has 1 fully saturated rings. The number of nitrogens with two attached hydrogens (primary N) is 1. The van der Waals surface area contributed by atoms with Crippen molar-refractivity contribution in [3.63, 3.8) is 0 Å². The summed E-state index contributed by atoms with van der Waals surface area (Å²) < 4.78 is 1.03. The van der Waals surface area contributed by atoms with Crippen LogP contribution in [-0.2, 0) is 4.79 Å². The van der Waals surface area contributed by atoms with Crippen molar-refractivity contribution in [2.45, 2.75) is 18.5 Å².